The number of rotatable bonds is 5. The molecule has 0 aromatic carbocycles. The molecule has 3 rings (SSSR count). The first-order valence-corrected chi connectivity index (χ1v) is 8.43. The fourth-order valence-electron chi connectivity index (χ4n) is 4.10. The molecule has 0 bridgehead atoms. The summed E-state index contributed by atoms with van der Waals surface area (Å²) in [6.07, 6.45) is 10.4. The molecule has 1 amide bonds. The lowest BCUT2D eigenvalue weighted by Gasteiger charge is -2.57. The van der Waals surface area contributed by atoms with Gasteiger partial charge in [-0.1, -0.05) is 19.3 Å². The van der Waals surface area contributed by atoms with Gasteiger partial charge >= 0.3 is 0 Å². The molecule has 0 radical (unpaired) electrons. The van der Waals surface area contributed by atoms with Gasteiger partial charge in [0.2, 0.25) is 5.91 Å². The van der Waals surface area contributed by atoms with Crippen molar-refractivity contribution in [3.8, 4) is 0 Å². The van der Waals surface area contributed by atoms with E-state index in [1.54, 1.807) is 11.0 Å². The molecule has 6 heteroatoms. The van der Waals surface area contributed by atoms with Gasteiger partial charge in [0.05, 0.1) is 6.10 Å². The average Bonchev–Trinajstić information content (AvgIpc) is 3.08. The first-order valence-electron chi connectivity index (χ1n) is 8.43. The minimum Gasteiger partial charge on any atom is -0.378 e. The Kier molecular flexibility index (Phi) is 4.47. The molecule has 1 heterocycles. The molecule has 3 atom stereocenters. The summed E-state index contributed by atoms with van der Waals surface area (Å²) < 4.78 is 7.54. The first kappa shape index (κ1) is 15.5. The molecule has 1 spiro atoms. The number of aromatic nitrogens is 3. The lowest BCUT2D eigenvalue weighted by atomic mass is 9.55. The molecule has 2 aliphatic carbocycles. The van der Waals surface area contributed by atoms with Gasteiger partial charge < -0.3 is 10.1 Å². The van der Waals surface area contributed by atoms with Gasteiger partial charge in [-0.15, -0.1) is 0 Å². The van der Waals surface area contributed by atoms with Crippen molar-refractivity contribution in [1.82, 2.24) is 20.1 Å². The van der Waals surface area contributed by atoms with Crippen LogP contribution in [0.3, 0.4) is 0 Å². The number of carbonyl (C=O) groups excluding carboxylic acids is 1. The number of nitrogens with one attached hydrogen (secondary N) is 1. The Morgan fingerprint density at radius 1 is 1.45 bits per heavy atom. The SMILES string of the molecule is CCO[C@@H]1C[C@H](NC(=O)[C@@H](C)n2cncn2)C12CCCCC2. The van der Waals surface area contributed by atoms with Crippen LogP contribution in [0.5, 0.6) is 0 Å². The van der Waals surface area contributed by atoms with Crippen LogP contribution in [-0.2, 0) is 9.53 Å². The number of carbonyl (C=O) groups is 1. The third-order valence-electron chi connectivity index (χ3n) is 5.47. The molecular weight excluding hydrogens is 280 g/mol. The van der Waals surface area contributed by atoms with Gasteiger partial charge in [-0.2, -0.15) is 5.10 Å². The summed E-state index contributed by atoms with van der Waals surface area (Å²) in [5, 5.41) is 7.30. The number of ether oxygens (including phenoxy) is 1. The van der Waals surface area contributed by atoms with Crippen molar-refractivity contribution < 1.29 is 9.53 Å². The third-order valence-corrected chi connectivity index (χ3v) is 5.47. The molecule has 122 valence electrons. The summed E-state index contributed by atoms with van der Waals surface area (Å²) in [7, 11) is 0. The van der Waals surface area contributed by atoms with Crippen molar-refractivity contribution >= 4 is 5.91 Å². The highest BCUT2D eigenvalue weighted by molar-refractivity contribution is 5.80. The van der Waals surface area contributed by atoms with Crippen molar-refractivity contribution in [2.24, 2.45) is 5.41 Å². The Morgan fingerprint density at radius 2 is 2.23 bits per heavy atom. The van der Waals surface area contributed by atoms with E-state index in [0.717, 1.165) is 13.0 Å². The normalized spacial score (nSPS) is 28.1. The summed E-state index contributed by atoms with van der Waals surface area (Å²) in [5.41, 5.74) is 0.159. The molecule has 0 saturated heterocycles. The molecule has 2 saturated carbocycles. The molecule has 0 aliphatic heterocycles. The second-order valence-electron chi connectivity index (χ2n) is 6.59. The molecule has 1 aromatic rings. The Balaban J connectivity index is 1.65. The Bertz CT molecular complexity index is 496. The van der Waals surface area contributed by atoms with Crippen LogP contribution in [0, 0.1) is 5.41 Å². The van der Waals surface area contributed by atoms with Crippen molar-refractivity contribution in [3.05, 3.63) is 12.7 Å². The molecule has 2 aliphatic rings. The van der Waals surface area contributed by atoms with E-state index in [0.29, 0.717) is 6.10 Å². The van der Waals surface area contributed by atoms with Crippen molar-refractivity contribution in [1.29, 1.82) is 0 Å². The first-order chi connectivity index (χ1) is 10.7. The Labute approximate surface area is 131 Å². The standard InChI is InChI=1S/C16H26N4O2/c1-3-22-14-9-13(16(14)7-5-4-6-8-16)19-15(21)12(2)20-11-17-10-18-20/h10-14H,3-9H2,1-2H3,(H,19,21)/t12-,13+,14-/m1/s1. The summed E-state index contributed by atoms with van der Waals surface area (Å²) >= 11 is 0. The second-order valence-corrected chi connectivity index (χ2v) is 6.59. The maximum atomic E-state index is 12.5. The quantitative estimate of drug-likeness (QED) is 0.904. The van der Waals surface area contributed by atoms with Crippen LogP contribution < -0.4 is 5.32 Å². The molecule has 2 fully saturated rings. The average molecular weight is 306 g/mol. The largest absolute Gasteiger partial charge is 0.378 e. The highest BCUT2D eigenvalue weighted by atomic mass is 16.5. The second kappa shape index (κ2) is 6.36. The van der Waals surface area contributed by atoms with E-state index in [4.69, 9.17) is 4.74 Å². The summed E-state index contributed by atoms with van der Waals surface area (Å²) in [5.74, 6) is 0.0235. The molecule has 1 N–H and O–H groups in total. The monoisotopic (exact) mass is 306 g/mol. The summed E-state index contributed by atoms with van der Waals surface area (Å²) in [6.45, 7) is 4.66. The van der Waals surface area contributed by atoms with Gasteiger partial charge in [0, 0.05) is 18.1 Å². The van der Waals surface area contributed by atoms with E-state index >= 15 is 0 Å². The Morgan fingerprint density at radius 3 is 2.86 bits per heavy atom. The molecular formula is C16H26N4O2. The van der Waals surface area contributed by atoms with Crippen molar-refractivity contribution in [3.63, 3.8) is 0 Å². The van der Waals surface area contributed by atoms with Gasteiger partial charge in [0.1, 0.15) is 18.7 Å². The fraction of sp³-hybridized carbons (Fsp3) is 0.812. The smallest absolute Gasteiger partial charge is 0.244 e. The van der Waals surface area contributed by atoms with Crippen LogP contribution in [0.2, 0.25) is 0 Å². The topological polar surface area (TPSA) is 69.0 Å². The molecule has 22 heavy (non-hydrogen) atoms. The zero-order valence-electron chi connectivity index (χ0n) is 13.5. The lowest BCUT2D eigenvalue weighted by Crippen LogP contribution is -2.65. The van der Waals surface area contributed by atoms with Crippen LogP contribution in [0.4, 0.5) is 0 Å². The predicted molar refractivity (Wildman–Crippen MR) is 82.2 cm³/mol. The van der Waals surface area contributed by atoms with E-state index in [-0.39, 0.29) is 23.4 Å². The fourth-order valence-corrected chi connectivity index (χ4v) is 4.10. The van der Waals surface area contributed by atoms with Gasteiger partial charge in [0.15, 0.2) is 0 Å². The zero-order chi connectivity index (χ0) is 15.6. The Hall–Kier alpha value is -1.43. The van der Waals surface area contributed by atoms with Gasteiger partial charge in [-0.05, 0) is 33.1 Å². The number of nitrogens with zero attached hydrogens (tertiary/aromatic N) is 3. The number of hydrogen-bond acceptors (Lipinski definition) is 4. The van der Waals surface area contributed by atoms with Crippen LogP contribution in [0.25, 0.3) is 0 Å². The van der Waals surface area contributed by atoms with Gasteiger partial charge in [-0.25, -0.2) is 9.67 Å². The highest BCUT2D eigenvalue weighted by Crippen LogP contribution is 2.53. The maximum Gasteiger partial charge on any atom is 0.244 e. The minimum atomic E-state index is -0.325. The third kappa shape index (κ3) is 2.64. The van der Waals surface area contributed by atoms with Gasteiger partial charge in [-0.3, -0.25) is 4.79 Å². The minimum absolute atomic E-state index is 0.0235. The predicted octanol–water partition coefficient (Wildman–Crippen LogP) is 2.08. The number of hydrogen-bond donors (Lipinski definition) is 1. The van der Waals surface area contributed by atoms with E-state index in [9.17, 15) is 4.79 Å². The van der Waals surface area contributed by atoms with Crippen molar-refractivity contribution in [2.45, 2.75) is 70.6 Å². The van der Waals surface area contributed by atoms with Crippen LogP contribution >= 0.6 is 0 Å². The highest BCUT2D eigenvalue weighted by Gasteiger charge is 2.56. The van der Waals surface area contributed by atoms with E-state index in [2.05, 4.69) is 22.3 Å². The van der Waals surface area contributed by atoms with E-state index in [1.807, 2.05) is 6.92 Å². The summed E-state index contributed by atoms with van der Waals surface area (Å²) in [4.78, 5) is 16.4. The number of amides is 1. The van der Waals surface area contributed by atoms with Crippen LogP contribution in [0.1, 0.15) is 58.4 Å². The summed E-state index contributed by atoms with van der Waals surface area (Å²) in [6, 6.07) is -0.0860. The molecule has 6 nitrogen and oxygen atoms in total. The van der Waals surface area contributed by atoms with Crippen LogP contribution in [-0.4, -0.2) is 39.4 Å². The molecule has 1 aromatic heterocycles. The maximum absolute atomic E-state index is 12.5. The zero-order valence-corrected chi connectivity index (χ0v) is 13.5. The van der Waals surface area contributed by atoms with Gasteiger partial charge in [0.25, 0.3) is 0 Å². The molecule has 0 unspecified atom stereocenters. The van der Waals surface area contributed by atoms with Crippen LogP contribution in [0.15, 0.2) is 12.7 Å². The lowest BCUT2D eigenvalue weighted by molar-refractivity contribution is -0.158. The van der Waals surface area contributed by atoms with Crippen molar-refractivity contribution in [2.75, 3.05) is 6.61 Å². The van der Waals surface area contributed by atoms with E-state index < -0.39 is 0 Å². The van der Waals surface area contributed by atoms with E-state index in [1.165, 1.54) is 38.4 Å².